The Labute approximate surface area is 151 Å². The molecule has 0 bridgehead atoms. The van der Waals surface area contributed by atoms with Crippen molar-refractivity contribution >= 4 is 50.7 Å². The average Bonchev–Trinajstić information content (AvgIpc) is 2.49. The van der Waals surface area contributed by atoms with Crippen molar-refractivity contribution in [1.29, 1.82) is 0 Å². The van der Waals surface area contributed by atoms with Gasteiger partial charge in [-0.1, -0.05) is 35.3 Å². The van der Waals surface area contributed by atoms with Crippen LogP contribution in [0.15, 0.2) is 47.4 Å². The molecule has 2 rings (SSSR count). The second kappa shape index (κ2) is 7.38. The van der Waals surface area contributed by atoms with Gasteiger partial charge in [0.05, 0.1) is 14.9 Å². The third-order valence-corrected chi connectivity index (χ3v) is 5.12. The summed E-state index contributed by atoms with van der Waals surface area (Å²) in [7, 11) is -3.34. The molecule has 0 aliphatic carbocycles. The molecule has 0 fully saturated rings. The molecule has 0 aliphatic heterocycles. The van der Waals surface area contributed by atoms with Gasteiger partial charge in [-0.2, -0.15) is 0 Å². The summed E-state index contributed by atoms with van der Waals surface area (Å²) in [4.78, 5) is 12.2. The number of aryl methyl sites for hydroxylation is 1. The molecule has 1 amide bonds. The Kier molecular flexibility index (Phi) is 5.70. The molecular formula is C17H15Cl2NO3S. The Balaban J connectivity index is 2.17. The predicted molar refractivity (Wildman–Crippen MR) is 98.4 cm³/mol. The van der Waals surface area contributed by atoms with E-state index in [2.05, 4.69) is 5.32 Å². The summed E-state index contributed by atoms with van der Waals surface area (Å²) < 4.78 is 23.2. The first-order chi connectivity index (χ1) is 11.2. The first kappa shape index (κ1) is 18.5. The molecular weight excluding hydrogens is 369 g/mol. The maximum atomic E-state index is 12.0. The summed E-state index contributed by atoms with van der Waals surface area (Å²) in [6, 6.07) is 9.61. The smallest absolute Gasteiger partial charge is 0.248 e. The highest BCUT2D eigenvalue weighted by Crippen LogP contribution is 2.23. The van der Waals surface area contributed by atoms with E-state index in [1.807, 2.05) is 0 Å². The second-order valence-electron chi connectivity index (χ2n) is 5.25. The van der Waals surface area contributed by atoms with Gasteiger partial charge in [0, 0.05) is 18.0 Å². The molecule has 24 heavy (non-hydrogen) atoms. The van der Waals surface area contributed by atoms with Gasteiger partial charge in [-0.05, 0) is 48.4 Å². The molecule has 0 saturated heterocycles. The second-order valence-corrected chi connectivity index (χ2v) is 8.08. The topological polar surface area (TPSA) is 63.2 Å². The van der Waals surface area contributed by atoms with Gasteiger partial charge in [0.15, 0.2) is 9.84 Å². The molecule has 0 radical (unpaired) electrons. The van der Waals surface area contributed by atoms with E-state index in [-0.39, 0.29) is 10.8 Å². The van der Waals surface area contributed by atoms with E-state index < -0.39 is 9.84 Å². The van der Waals surface area contributed by atoms with Crippen molar-refractivity contribution in [2.75, 3.05) is 11.6 Å². The number of nitrogens with one attached hydrogen (secondary N) is 1. The van der Waals surface area contributed by atoms with Crippen molar-refractivity contribution in [3.8, 4) is 0 Å². The van der Waals surface area contributed by atoms with E-state index in [4.69, 9.17) is 23.2 Å². The highest BCUT2D eigenvalue weighted by atomic mass is 35.5. The molecule has 0 unspecified atom stereocenters. The zero-order valence-electron chi connectivity index (χ0n) is 13.0. The molecule has 0 heterocycles. The molecule has 0 atom stereocenters. The van der Waals surface area contributed by atoms with E-state index in [0.29, 0.717) is 15.7 Å². The van der Waals surface area contributed by atoms with Crippen LogP contribution in [0, 0.1) is 6.92 Å². The summed E-state index contributed by atoms with van der Waals surface area (Å²) in [6.07, 6.45) is 4.05. The summed E-state index contributed by atoms with van der Waals surface area (Å²) in [5, 5.41) is 3.51. The number of sulfone groups is 1. The fourth-order valence-corrected chi connectivity index (χ4v) is 2.88. The van der Waals surface area contributed by atoms with Gasteiger partial charge in [0.25, 0.3) is 0 Å². The van der Waals surface area contributed by atoms with E-state index in [9.17, 15) is 13.2 Å². The summed E-state index contributed by atoms with van der Waals surface area (Å²) in [5.74, 6) is -0.380. The summed E-state index contributed by atoms with van der Waals surface area (Å²) in [6.45, 7) is 1.78. The maximum absolute atomic E-state index is 12.0. The van der Waals surface area contributed by atoms with Crippen LogP contribution in [0.25, 0.3) is 6.08 Å². The number of benzene rings is 2. The van der Waals surface area contributed by atoms with Crippen LogP contribution >= 0.6 is 23.2 Å². The van der Waals surface area contributed by atoms with Crippen molar-refractivity contribution in [3.63, 3.8) is 0 Å². The number of carbonyl (C=O) groups excluding carboxylic acids is 1. The van der Waals surface area contributed by atoms with Crippen LogP contribution in [0.3, 0.4) is 0 Å². The lowest BCUT2D eigenvalue weighted by Gasteiger charge is -2.08. The third kappa shape index (κ3) is 4.84. The van der Waals surface area contributed by atoms with Crippen LogP contribution in [-0.4, -0.2) is 20.6 Å². The number of hydrogen-bond donors (Lipinski definition) is 1. The number of amides is 1. The molecule has 0 aromatic heterocycles. The lowest BCUT2D eigenvalue weighted by molar-refractivity contribution is -0.111. The molecule has 1 N–H and O–H groups in total. The highest BCUT2D eigenvalue weighted by Gasteiger charge is 2.10. The minimum Gasteiger partial charge on any atom is -0.322 e. The Bertz CT molecular complexity index is 921. The highest BCUT2D eigenvalue weighted by molar-refractivity contribution is 7.90. The van der Waals surface area contributed by atoms with Crippen molar-refractivity contribution in [3.05, 3.63) is 63.6 Å². The fraction of sp³-hybridized carbons (Fsp3) is 0.118. The number of anilines is 1. The predicted octanol–water partition coefficient (Wildman–Crippen LogP) is 4.36. The standard InChI is InChI=1S/C17H15Cl2NO3S/c1-11-3-6-13(24(2,22)23)10-16(11)20-17(21)8-5-12-4-7-14(18)15(19)9-12/h3-10H,1-2H3,(H,20,21)/b8-5+. The van der Waals surface area contributed by atoms with Crippen molar-refractivity contribution in [2.24, 2.45) is 0 Å². The lowest BCUT2D eigenvalue weighted by Crippen LogP contribution is -2.10. The molecule has 0 aliphatic rings. The minimum absolute atomic E-state index is 0.150. The van der Waals surface area contributed by atoms with Gasteiger partial charge in [-0.3, -0.25) is 4.79 Å². The number of carbonyl (C=O) groups is 1. The normalized spacial score (nSPS) is 11.7. The summed E-state index contributed by atoms with van der Waals surface area (Å²) in [5.41, 5.74) is 1.93. The number of rotatable bonds is 4. The Hall–Kier alpha value is -1.82. The average molecular weight is 384 g/mol. The molecule has 4 nitrogen and oxygen atoms in total. The first-order valence-electron chi connectivity index (χ1n) is 6.91. The lowest BCUT2D eigenvalue weighted by atomic mass is 10.2. The van der Waals surface area contributed by atoms with Gasteiger partial charge >= 0.3 is 0 Å². The number of hydrogen-bond acceptors (Lipinski definition) is 3. The van der Waals surface area contributed by atoms with E-state index in [0.717, 1.165) is 17.4 Å². The largest absolute Gasteiger partial charge is 0.322 e. The van der Waals surface area contributed by atoms with Crippen molar-refractivity contribution in [2.45, 2.75) is 11.8 Å². The van der Waals surface area contributed by atoms with Crippen LogP contribution in [0.5, 0.6) is 0 Å². The van der Waals surface area contributed by atoms with Crippen LogP contribution in [0.1, 0.15) is 11.1 Å². The zero-order valence-corrected chi connectivity index (χ0v) is 15.3. The molecule has 0 saturated carbocycles. The summed E-state index contributed by atoms with van der Waals surface area (Å²) >= 11 is 11.8. The van der Waals surface area contributed by atoms with E-state index in [1.54, 1.807) is 37.3 Å². The van der Waals surface area contributed by atoms with Crippen LogP contribution in [0.2, 0.25) is 10.0 Å². The molecule has 126 valence electrons. The van der Waals surface area contributed by atoms with Crippen LogP contribution < -0.4 is 5.32 Å². The monoisotopic (exact) mass is 383 g/mol. The van der Waals surface area contributed by atoms with Gasteiger partial charge in [0.2, 0.25) is 5.91 Å². The molecule has 2 aromatic carbocycles. The van der Waals surface area contributed by atoms with E-state index in [1.165, 1.54) is 18.2 Å². The van der Waals surface area contributed by atoms with Crippen molar-refractivity contribution in [1.82, 2.24) is 0 Å². The quantitative estimate of drug-likeness (QED) is 0.797. The van der Waals surface area contributed by atoms with E-state index >= 15 is 0 Å². The Morgan fingerprint density at radius 3 is 2.42 bits per heavy atom. The van der Waals surface area contributed by atoms with Gasteiger partial charge < -0.3 is 5.32 Å². The Morgan fingerprint density at radius 2 is 1.79 bits per heavy atom. The molecule has 7 heteroatoms. The fourth-order valence-electron chi connectivity index (χ4n) is 1.93. The van der Waals surface area contributed by atoms with Gasteiger partial charge in [0.1, 0.15) is 0 Å². The molecule has 2 aromatic rings. The van der Waals surface area contributed by atoms with Gasteiger partial charge in [-0.25, -0.2) is 8.42 Å². The van der Waals surface area contributed by atoms with Crippen LogP contribution in [0.4, 0.5) is 5.69 Å². The van der Waals surface area contributed by atoms with Crippen LogP contribution in [-0.2, 0) is 14.6 Å². The molecule has 0 spiro atoms. The SMILES string of the molecule is Cc1ccc(S(C)(=O)=O)cc1NC(=O)/C=C/c1ccc(Cl)c(Cl)c1. The van der Waals surface area contributed by atoms with Crippen molar-refractivity contribution < 1.29 is 13.2 Å². The number of halogens is 2. The third-order valence-electron chi connectivity index (χ3n) is 3.27. The maximum Gasteiger partial charge on any atom is 0.248 e. The zero-order chi connectivity index (χ0) is 17.9. The minimum atomic E-state index is -3.34. The van der Waals surface area contributed by atoms with Gasteiger partial charge in [-0.15, -0.1) is 0 Å². The first-order valence-corrected chi connectivity index (χ1v) is 9.56. The Morgan fingerprint density at radius 1 is 1.08 bits per heavy atom.